The highest BCUT2D eigenvalue weighted by Gasteiger charge is 2.12. The Balaban J connectivity index is 2.37. The highest BCUT2D eigenvalue weighted by molar-refractivity contribution is 5.51. The molecule has 2 rings (SSSR count). The predicted molar refractivity (Wildman–Crippen MR) is 77.8 cm³/mol. The predicted octanol–water partition coefficient (Wildman–Crippen LogP) is 3.25. The van der Waals surface area contributed by atoms with E-state index in [1.54, 1.807) is 6.07 Å². The Bertz CT molecular complexity index is 600. The fourth-order valence-corrected chi connectivity index (χ4v) is 2.28. The number of aryl methyl sites for hydroxylation is 1. The minimum Gasteiger partial charge on any atom is -0.397 e. The van der Waals surface area contributed by atoms with Crippen LogP contribution in [0.3, 0.4) is 0 Å². The lowest BCUT2D eigenvalue weighted by atomic mass is 10.1. The number of hydrogen-bond acceptors (Lipinski definition) is 2. The summed E-state index contributed by atoms with van der Waals surface area (Å²) in [5.41, 5.74) is 10.9. The van der Waals surface area contributed by atoms with E-state index in [0.717, 1.165) is 24.2 Å². The molecule has 0 fully saturated rings. The zero-order chi connectivity index (χ0) is 13.8. The van der Waals surface area contributed by atoms with Crippen molar-refractivity contribution in [2.45, 2.75) is 33.2 Å². The van der Waals surface area contributed by atoms with Crippen LogP contribution in [0.25, 0.3) is 0 Å². The van der Waals surface area contributed by atoms with Gasteiger partial charge in [0.1, 0.15) is 11.8 Å². The Morgan fingerprint density at radius 3 is 2.53 bits per heavy atom. The molecule has 0 saturated heterocycles. The molecule has 2 aromatic rings. The standard InChI is InChI=1S/C16H19N3/c1-3-4-16-15(18)9-14(10-17)19(16)11-13-7-5-12(2)6-8-13/h5-9H,3-4,11,18H2,1-2H3. The number of nitriles is 1. The van der Waals surface area contributed by atoms with Crippen LogP contribution in [0.15, 0.2) is 30.3 Å². The van der Waals surface area contributed by atoms with Crippen molar-refractivity contribution in [3.05, 3.63) is 52.8 Å². The van der Waals surface area contributed by atoms with Gasteiger partial charge in [-0.1, -0.05) is 43.2 Å². The summed E-state index contributed by atoms with van der Waals surface area (Å²) in [5, 5.41) is 9.22. The summed E-state index contributed by atoms with van der Waals surface area (Å²) in [6, 6.07) is 12.4. The summed E-state index contributed by atoms with van der Waals surface area (Å²) in [7, 11) is 0. The van der Waals surface area contributed by atoms with Crippen LogP contribution >= 0.6 is 0 Å². The smallest absolute Gasteiger partial charge is 0.122 e. The first-order valence-corrected chi connectivity index (χ1v) is 6.59. The lowest BCUT2D eigenvalue weighted by Gasteiger charge is -2.11. The summed E-state index contributed by atoms with van der Waals surface area (Å²) in [6.45, 7) is 4.89. The van der Waals surface area contributed by atoms with Gasteiger partial charge in [-0.2, -0.15) is 5.26 Å². The van der Waals surface area contributed by atoms with Crippen molar-refractivity contribution < 1.29 is 0 Å². The second-order valence-corrected chi connectivity index (χ2v) is 4.87. The fraction of sp³-hybridized carbons (Fsp3) is 0.312. The Labute approximate surface area is 114 Å². The van der Waals surface area contributed by atoms with Gasteiger partial charge in [0.15, 0.2) is 0 Å². The molecule has 0 aliphatic heterocycles. The Morgan fingerprint density at radius 1 is 1.26 bits per heavy atom. The van der Waals surface area contributed by atoms with Gasteiger partial charge >= 0.3 is 0 Å². The zero-order valence-corrected chi connectivity index (χ0v) is 11.5. The van der Waals surface area contributed by atoms with Crippen LogP contribution in [0.2, 0.25) is 0 Å². The summed E-state index contributed by atoms with van der Waals surface area (Å²) in [4.78, 5) is 0. The molecule has 1 aromatic heterocycles. The molecule has 0 amide bonds. The topological polar surface area (TPSA) is 54.7 Å². The van der Waals surface area contributed by atoms with Gasteiger partial charge in [-0.15, -0.1) is 0 Å². The Morgan fingerprint density at radius 2 is 1.95 bits per heavy atom. The van der Waals surface area contributed by atoms with Gasteiger partial charge in [-0.3, -0.25) is 0 Å². The van der Waals surface area contributed by atoms with Crippen LogP contribution in [-0.2, 0) is 13.0 Å². The zero-order valence-electron chi connectivity index (χ0n) is 11.5. The van der Waals surface area contributed by atoms with Gasteiger partial charge in [0.05, 0.1) is 5.69 Å². The van der Waals surface area contributed by atoms with Gasteiger partial charge in [-0.25, -0.2) is 0 Å². The van der Waals surface area contributed by atoms with E-state index in [2.05, 4.69) is 44.2 Å². The molecular weight excluding hydrogens is 234 g/mol. The van der Waals surface area contributed by atoms with E-state index in [1.165, 1.54) is 11.1 Å². The van der Waals surface area contributed by atoms with E-state index in [0.29, 0.717) is 12.2 Å². The molecule has 1 aromatic carbocycles. The first-order valence-electron chi connectivity index (χ1n) is 6.59. The highest BCUT2D eigenvalue weighted by Crippen LogP contribution is 2.21. The highest BCUT2D eigenvalue weighted by atomic mass is 15.0. The van der Waals surface area contributed by atoms with Crippen LogP contribution in [0.1, 0.15) is 35.9 Å². The second kappa shape index (κ2) is 5.62. The molecular formula is C16H19N3. The molecule has 0 spiro atoms. The number of anilines is 1. The largest absolute Gasteiger partial charge is 0.397 e. The number of nitrogen functional groups attached to an aromatic ring is 1. The van der Waals surface area contributed by atoms with Crippen molar-refractivity contribution in [2.24, 2.45) is 0 Å². The van der Waals surface area contributed by atoms with Crippen LogP contribution in [-0.4, -0.2) is 4.57 Å². The minimum absolute atomic E-state index is 0.640. The van der Waals surface area contributed by atoms with Crippen LogP contribution < -0.4 is 5.73 Å². The first kappa shape index (κ1) is 13.2. The molecule has 0 bridgehead atoms. The van der Waals surface area contributed by atoms with Crippen molar-refractivity contribution in [1.82, 2.24) is 4.57 Å². The number of nitrogens with two attached hydrogens (primary N) is 1. The molecule has 1 heterocycles. The van der Waals surface area contributed by atoms with E-state index >= 15 is 0 Å². The number of rotatable bonds is 4. The van der Waals surface area contributed by atoms with Gasteiger partial charge in [0.25, 0.3) is 0 Å². The number of hydrogen-bond donors (Lipinski definition) is 1. The Hall–Kier alpha value is -2.21. The molecule has 0 radical (unpaired) electrons. The molecule has 19 heavy (non-hydrogen) atoms. The second-order valence-electron chi connectivity index (χ2n) is 4.87. The maximum absolute atomic E-state index is 9.22. The fourth-order valence-electron chi connectivity index (χ4n) is 2.28. The van der Waals surface area contributed by atoms with Gasteiger partial charge < -0.3 is 10.3 Å². The molecule has 0 aliphatic rings. The van der Waals surface area contributed by atoms with Crippen molar-refractivity contribution in [3.8, 4) is 6.07 Å². The van der Waals surface area contributed by atoms with Crippen molar-refractivity contribution in [3.63, 3.8) is 0 Å². The SMILES string of the molecule is CCCc1c(N)cc(C#N)n1Cc1ccc(C)cc1. The Kier molecular flexibility index (Phi) is 3.91. The number of benzene rings is 1. The number of nitrogens with zero attached hydrogens (tertiary/aromatic N) is 2. The van der Waals surface area contributed by atoms with Gasteiger partial charge in [0.2, 0.25) is 0 Å². The summed E-state index contributed by atoms with van der Waals surface area (Å²) in [6.07, 6.45) is 1.92. The molecule has 2 N–H and O–H groups in total. The van der Waals surface area contributed by atoms with Crippen molar-refractivity contribution >= 4 is 5.69 Å². The molecule has 3 heteroatoms. The molecule has 0 saturated carbocycles. The molecule has 98 valence electrons. The van der Waals surface area contributed by atoms with Crippen molar-refractivity contribution in [2.75, 3.05) is 5.73 Å². The van der Waals surface area contributed by atoms with Gasteiger partial charge in [0, 0.05) is 12.2 Å². The van der Waals surface area contributed by atoms with E-state index < -0.39 is 0 Å². The average Bonchev–Trinajstić information content (AvgIpc) is 2.70. The van der Waals surface area contributed by atoms with E-state index in [4.69, 9.17) is 5.73 Å². The third-order valence-corrected chi connectivity index (χ3v) is 3.30. The molecule has 0 unspecified atom stereocenters. The lowest BCUT2D eigenvalue weighted by molar-refractivity contribution is 0.719. The average molecular weight is 253 g/mol. The first-order chi connectivity index (χ1) is 9.15. The number of aromatic nitrogens is 1. The van der Waals surface area contributed by atoms with Crippen molar-refractivity contribution in [1.29, 1.82) is 5.26 Å². The maximum atomic E-state index is 9.22. The van der Waals surface area contributed by atoms with Crippen LogP contribution in [0.5, 0.6) is 0 Å². The van der Waals surface area contributed by atoms with Gasteiger partial charge in [-0.05, 0) is 25.0 Å². The maximum Gasteiger partial charge on any atom is 0.122 e. The summed E-state index contributed by atoms with van der Waals surface area (Å²) >= 11 is 0. The minimum atomic E-state index is 0.640. The molecule has 0 atom stereocenters. The summed E-state index contributed by atoms with van der Waals surface area (Å²) < 4.78 is 2.03. The monoisotopic (exact) mass is 253 g/mol. The van der Waals surface area contributed by atoms with E-state index in [1.807, 2.05) is 4.57 Å². The summed E-state index contributed by atoms with van der Waals surface area (Å²) in [5.74, 6) is 0. The molecule has 0 aliphatic carbocycles. The van der Waals surface area contributed by atoms with E-state index in [9.17, 15) is 5.26 Å². The third kappa shape index (κ3) is 2.79. The van der Waals surface area contributed by atoms with Crippen LogP contribution in [0, 0.1) is 18.3 Å². The normalized spacial score (nSPS) is 10.4. The van der Waals surface area contributed by atoms with E-state index in [-0.39, 0.29) is 0 Å². The van der Waals surface area contributed by atoms with Crippen LogP contribution in [0.4, 0.5) is 5.69 Å². The lowest BCUT2D eigenvalue weighted by Crippen LogP contribution is -2.07. The third-order valence-electron chi connectivity index (χ3n) is 3.30. The molecule has 3 nitrogen and oxygen atoms in total. The quantitative estimate of drug-likeness (QED) is 0.909.